The van der Waals surface area contributed by atoms with Gasteiger partial charge in [-0.15, -0.1) is 11.3 Å². The van der Waals surface area contributed by atoms with Crippen molar-refractivity contribution in [3.8, 4) is 45.3 Å². The molecule has 0 spiro atoms. The monoisotopic (exact) mass is 631 g/mol. The number of thiophene rings is 1. The van der Waals surface area contributed by atoms with E-state index >= 15 is 0 Å². The molecule has 0 saturated carbocycles. The smallest absolute Gasteiger partial charge is 0.164 e. The number of benzene rings is 7. The molecule has 0 aliphatic carbocycles. The van der Waals surface area contributed by atoms with Gasteiger partial charge in [0.1, 0.15) is 11.2 Å². The van der Waals surface area contributed by atoms with Gasteiger partial charge >= 0.3 is 0 Å². The zero-order valence-electron chi connectivity index (χ0n) is 25.6. The molecular weight excluding hydrogens is 607 g/mol. The van der Waals surface area contributed by atoms with Crippen LogP contribution < -0.4 is 0 Å². The lowest BCUT2D eigenvalue weighted by atomic mass is 9.95. The summed E-state index contributed by atoms with van der Waals surface area (Å²) >= 11 is 1.81. The van der Waals surface area contributed by atoms with Gasteiger partial charge in [-0.2, -0.15) is 0 Å². The van der Waals surface area contributed by atoms with Crippen LogP contribution in [0.2, 0.25) is 0 Å². The zero-order valence-corrected chi connectivity index (χ0v) is 26.4. The van der Waals surface area contributed by atoms with Gasteiger partial charge in [0.05, 0.1) is 0 Å². The van der Waals surface area contributed by atoms with E-state index in [0.717, 1.165) is 49.8 Å². The van der Waals surface area contributed by atoms with E-state index in [1.807, 2.05) is 42.5 Å². The van der Waals surface area contributed by atoms with Crippen LogP contribution in [-0.4, -0.2) is 15.0 Å². The van der Waals surface area contributed by atoms with Crippen LogP contribution in [0.25, 0.3) is 98.2 Å². The molecule has 0 amide bonds. The summed E-state index contributed by atoms with van der Waals surface area (Å²) in [6, 6.07) is 52.7. The first-order valence-electron chi connectivity index (χ1n) is 15.9. The highest BCUT2D eigenvalue weighted by molar-refractivity contribution is 7.25. The molecule has 0 radical (unpaired) electrons. The molecule has 0 unspecified atom stereocenters. The van der Waals surface area contributed by atoms with E-state index in [2.05, 4.69) is 109 Å². The fourth-order valence-corrected chi connectivity index (χ4v) is 7.91. The Bertz CT molecular complexity index is 2840. The standard InChI is InChI=1S/C43H25N3OS/c1-3-11-26(12-4-1)39-31-16-8-7-15-28(31)23-35-33-24-29(19-21-36(33)47-40(35)39)42-44-41(27-13-5-2-6-14-27)45-43(46-42)30-20-22-38-34(25-30)32-17-9-10-18-37(32)48-38/h1-25H. The molecule has 0 bridgehead atoms. The minimum atomic E-state index is 0.620. The van der Waals surface area contributed by atoms with E-state index in [4.69, 9.17) is 19.4 Å². The molecule has 0 N–H and O–H groups in total. The highest BCUT2D eigenvalue weighted by atomic mass is 32.1. The summed E-state index contributed by atoms with van der Waals surface area (Å²) < 4.78 is 9.16. The van der Waals surface area contributed by atoms with Gasteiger partial charge in [0, 0.05) is 53.2 Å². The van der Waals surface area contributed by atoms with Crippen LogP contribution in [0.1, 0.15) is 0 Å². The third kappa shape index (κ3) is 4.33. The first-order chi connectivity index (χ1) is 23.8. The fraction of sp³-hybridized carbons (Fsp3) is 0. The lowest BCUT2D eigenvalue weighted by Gasteiger charge is -2.09. The molecule has 0 aliphatic heterocycles. The summed E-state index contributed by atoms with van der Waals surface area (Å²) in [6.07, 6.45) is 0. The molecule has 7 aromatic carbocycles. The molecule has 4 nitrogen and oxygen atoms in total. The number of aromatic nitrogens is 3. The second kappa shape index (κ2) is 10.7. The second-order valence-corrected chi connectivity index (χ2v) is 13.1. The van der Waals surface area contributed by atoms with Gasteiger partial charge in [-0.3, -0.25) is 0 Å². The van der Waals surface area contributed by atoms with Crippen molar-refractivity contribution >= 4 is 64.2 Å². The Hall–Kier alpha value is -6.17. The molecule has 10 aromatic rings. The maximum Gasteiger partial charge on any atom is 0.164 e. The molecule has 10 rings (SSSR count). The second-order valence-electron chi connectivity index (χ2n) is 12.0. The predicted octanol–water partition coefficient (Wildman–Crippen LogP) is 12.0. The molecule has 0 fully saturated rings. The SMILES string of the molecule is c1ccc(-c2nc(-c3ccc4oc5c(-c6ccccc6)c6ccccc6cc5c4c3)nc(-c3ccc4sc5ccccc5c4c3)n2)cc1. The minimum absolute atomic E-state index is 0.620. The van der Waals surface area contributed by atoms with Gasteiger partial charge in [-0.1, -0.05) is 103 Å². The van der Waals surface area contributed by atoms with Crippen molar-refractivity contribution in [1.29, 1.82) is 0 Å². The molecule has 5 heteroatoms. The average Bonchev–Trinajstić information content (AvgIpc) is 3.71. The third-order valence-corrected chi connectivity index (χ3v) is 10.3. The predicted molar refractivity (Wildman–Crippen MR) is 199 cm³/mol. The van der Waals surface area contributed by atoms with Gasteiger partial charge in [0.2, 0.25) is 0 Å². The van der Waals surface area contributed by atoms with Crippen molar-refractivity contribution in [3.05, 3.63) is 152 Å². The molecule has 0 aliphatic rings. The highest BCUT2D eigenvalue weighted by Crippen LogP contribution is 2.42. The van der Waals surface area contributed by atoms with Gasteiger partial charge in [0.25, 0.3) is 0 Å². The third-order valence-electron chi connectivity index (χ3n) is 9.11. The topological polar surface area (TPSA) is 51.8 Å². The van der Waals surface area contributed by atoms with E-state index in [1.54, 1.807) is 11.3 Å². The van der Waals surface area contributed by atoms with E-state index in [9.17, 15) is 0 Å². The number of rotatable bonds is 4. The van der Waals surface area contributed by atoms with Crippen molar-refractivity contribution in [3.63, 3.8) is 0 Å². The van der Waals surface area contributed by atoms with Crippen molar-refractivity contribution in [1.82, 2.24) is 15.0 Å². The normalized spacial score (nSPS) is 11.8. The Morgan fingerprint density at radius 3 is 1.75 bits per heavy atom. The van der Waals surface area contributed by atoms with E-state index in [1.165, 1.54) is 30.9 Å². The Labute approximate surface area is 279 Å². The summed E-state index contributed by atoms with van der Waals surface area (Å²) in [7, 11) is 0. The first-order valence-corrected chi connectivity index (χ1v) is 16.8. The maximum atomic E-state index is 6.64. The van der Waals surface area contributed by atoms with Gasteiger partial charge in [-0.05, 0) is 64.9 Å². The van der Waals surface area contributed by atoms with Crippen molar-refractivity contribution in [2.45, 2.75) is 0 Å². The molecule has 224 valence electrons. The summed E-state index contributed by atoms with van der Waals surface area (Å²) in [6.45, 7) is 0. The van der Waals surface area contributed by atoms with E-state index in [-0.39, 0.29) is 0 Å². The first kappa shape index (κ1) is 27.0. The average molecular weight is 632 g/mol. The van der Waals surface area contributed by atoms with Crippen LogP contribution in [0.4, 0.5) is 0 Å². The van der Waals surface area contributed by atoms with Crippen LogP contribution >= 0.6 is 11.3 Å². The van der Waals surface area contributed by atoms with Crippen molar-refractivity contribution in [2.24, 2.45) is 0 Å². The number of hydrogen-bond acceptors (Lipinski definition) is 5. The quantitative estimate of drug-likeness (QED) is 0.194. The van der Waals surface area contributed by atoms with Crippen molar-refractivity contribution < 1.29 is 4.42 Å². The van der Waals surface area contributed by atoms with Crippen LogP contribution in [0, 0.1) is 0 Å². The molecule has 3 aromatic heterocycles. The highest BCUT2D eigenvalue weighted by Gasteiger charge is 2.19. The fourth-order valence-electron chi connectivity index (χ4n) is 6.82. The summed E-state index contributed by atoms with van der Waals surface area (Å²) in [4.78, 5) is 15.2. The van der Waals surface area contributed by atoms with Crippen LogP contribution in [0.5, 0.6) is 0 Å². The van der Waals surface area contributed by atoms with Gasteiger partial charge in [0.15, 0.2) is 17.5 Å². The molecule has 0 atom stereocenters. The van der Waals surface area contributed by atoms with Crippen LogP contribution in [0.15, 0.2) is 156 Å². The number of furan rings is 1. The Kier molecular flexibility index (Phi) is 6.01. The number of nitrogens with zero attached hydrogens (tertiary/aromatic N) is 3. The Morgan fingerprint density at radius 2 is 0.979 bits per heavy atom. The molecule has 48 heavy (non-hydrogen) atoms. The number of hydrogen-bond donors (Lipinski definition) is 0. The van der Waals surface area contributed by atoms with Crippen LogP contribution in [-0.2, 0) is 0 Å². The Balaban J connectivity index is 1.19. The van der Waals surface area contributed by atoms with Gasteiger partial charge < -0.3 is 4.42 Å². The summed E-state index contributed by atoms with van der Waals surface area (Å²) in [5, 5.41) is 6.89. The van der Waals surface area contributed by atoms with E-state index < -0.39 is 0 Å². The van der Waals surface area contributed by atoms with Gasteiger partial charge in [-0.25, -0.2) is 15.0 Å². The molecular formula is C43H25N3OS. The summed E-state index contributed by atoms with van der Waals surface area (Å²) in [5.41, 5.74) is 6.75. The van der Waals surface area contributed by atoms with E-state index in [0.29, 0.717) is 17.5 Å². The maximum absolute atomic E-state index is 6.64. The lowest BCUT2D eigenvalue weighted by Crippen LogP contribution is -2.00. The van der Waals surface area contributed by atoms with Crippen molar-refractivity contribution in [2.75, 3.05) is 0 Å². The molecule has 0 saturated heterocycles. The Morgan fingerprint density at radius 1 is 0.396 bits per heavy atom. The van der Waals surface area contributed by atoms with Crippen LogP contribution in [0.3, 0.4) is 0 Å². The zero-order chi connectivity index (χ0) is 31.6. The lowest BCUT2D eigenvalue weighted by molar-refractivity contribution is 0.670. The summed E-state index contributed by atoms with van der Waals surface area (Å²) in [5.74, 6) is 1.90. The molecule has 3 heterocycles. The minimum Gasteiger partial charge on any atom is -0.455 e. The largest absolute Gasteiger partial charge is 0.455 e. The number of fused-ring (bicyclic) bond motifs is 7.